The largest absolute Gasteiger partial charge is 0.382 e. The van der Waals surface area contributed by atoms with Crippen LogP contribution in [0.15, 0.2) is 24.3 Å². The van der Waals surface area contributed by atoms with Crippen LogP contribution in [0.1, 0.15) is 29.2 Å². The lowest BCUT2D eigenvalue weighted by Gasteiger charge is -2.25. The highest BCUT2D eigenvalue weighted by atomic mass is 32.2. The molecule has 20 heavy (non-hydrogen) atoms. The van der Waals surface area contributed by atoms with Gasteiger partial charge in [0.25, 0.3) is 0 Å². The minimum Gasteiger partial charge on any atom is -0.382 e. The summed E-state index contributed by atoms with van der Waals surface area (Å²) < 4.78 is 35.1. The highest BCUT2D eigenvalue weighted by Gasteiger charge is 2.30. The zero-order chi connectivity index (χ0) is 14.4. The lowest BCUT2D eigenvalue weighted by Crippen LogP contribution is -2.24. The Balaban J connectivity index is 2.00. The molecule has 0 saturated heterocycles. The molecule has 5 heteroatoms. The molecule has 1 aliphatic carbocycles. The SMILES string of the molecule is COCCOCCS(=O)(=O)C1CCCc2ccccc21. The van der Waals surface area contributed by atoms with Crippen LogP contribution in [0.2, 0.25) is 0 Å². The Bertz CT molecular complexity index is 524. The number of hydrogen-bond donors (Lipinski definition) is 0. The van der Waals surface area contributed by atoms with Crippen LogP contribution in [0, 0.1) is 0 Å². The molecule has 0 bridgehead atoms. The summed E-state index contributed by atoms with van der Waals surface area (Å²) in [5.74, 6) is 0.0791. The van der Waals surface area contributed by atoms with Crippen molar-refractivity contribution in [2.24, 2.45) is 0 Å². The van der Waals surface area contributed by atoms with Crippen LogP contribution in [0.25, 0.3) is 0 Å². The van der Waals surface area contributed by atoms with Gasteiger partial charge >= 0.3 is 0 Å². The van der Waals surface area contributed by atoms with Crippen LogP contribution < -0.4 is 0 Å². The first-order valence-corrected chi connectivity index (χ1v) is 8.73. The molecule has 1 aromatic rings. The standard InChI is InChI=1S/C15H22O4S/c1-18-9-10-19-11-12-20(16,17)15-8-4-6-13-5-2-3-7-14(13)15/h2-3,5,7,15H,4,6,8-12H2,1H3. The zero-order valence-corrected chi connectivity index (χ0v) is 12.7. The molecule has 112 valence electrons. The average Bonchev–Trinajstić information content (AvgIpc) is 2.46. The molecule has 1 aliphatic rings. The maximum atomic E-state index is 12.5. The van der Waals surface area contributed by atoms with Crippen molar-refractivity contribution in [3.05, 3.63) is 35.4 Å². The van der Waals surface area contributed by atoms with E-state index in [1.807, 2.05) is 24.3 Å². The maximum absolute atomic E-state index is 12.5. The van der Waals surface area contributed by atoms with Crippen LogP contribution in [0.4, 0.5) is 0 Å². The Kier molecular flexibility index (Phi) is 5.57. The van der Waals surface area contributed by atoms with E-state index in [1.54, 1.807) is 7.11 Å². The fraction of sp³-hybridized carbons (Fsp3) is 0.600. The minimum atomic E-state index is -3.15. The molecule has 1 unspecified atom stereocenters. The van der Waals surface area contributed by atoms with Crippen LogP contribution in [-0.4, -0.2) is 41.1 Å². The summed E-state index contributed by atoms with van der Waals surface area (Å²) in [5.41, 5.74) is 2.16. The Labute approximate surface area is 121 Å². The Morgan fingerprint density at radius 3 is 2.80 bits per heavy atom. The van der Waals surface area contributed by atoms with E-state index in [2.05, 4.69) is 0 Å². The molecule has 0 amide bonds. The monoisotopic (exact) mass is 298 g/mol. The molecule has 0 fully saturated rings. The van der Waals surface area contributed by atoms with E-state index >= 15 is 0 Å². The summed E-state index contributed by atoms with van der Waals surface area (Å²) in [4.78, 5) is 0. The second kappa shape index (κ2) is 7.20. The summed E-state index contributed by atoms with van der Waals surface area (Å²) >= 11 is 0. The van der Waals surface area contributed by atoms with Gasteiger partial charge in [0.2, 0.25) is 0 Å². The van der Waals surface area contributed by atoms with Crippen molar-refractivity contribution in [2.75, 3.05) is 32.7 Å². The lowest BCUT2D eigenvalue weighted by molar-refractivity contribution is 0.0784. The average molecular weight is 298 g/mol. The van der Waals surface area contributed by atoms with E-state index in [1.165, 1.54) is 5.56 Å². The molecule has 0 spiro atoms. The molecule has 0 N–H and O–H groups in total. The normalized spacial score (nSPS) is 18.8. The second-order valence-electron chi connectivity index (χ2n) is 5.05. The number of ether oxygens (including phenoxy) is 2. The smallest absolute Gasteiger partial charge is 0.159 e. The van der Waals surface area contributed by atoms with Gasteiger partial charge in [-0.15, -0.1) is 0 Å². The molecule has 0 radical (unpaired) electrons. The molecular formula is C15H22O4S. The summed E-state index contributed by atoms with van der Waals surface area (Å²) in [6.07, 6.45) is 2.63. The van der Waals surface area contributed by atoms with Crippen molar-refractivity contribution in [2.45, 2.75) is 24.5 Å². The zero-order valence-electron chi connectivity index (χ0n) is 11.9. The molecule has 0 heterocycles. The van der Waals surface area contributed by atoms with Gasteiger partial charge in [-0.1, -0.05) is 24.3 Å². The van der Waals surface area contributed by atoms with Crippen molar-refractivity contribution >= 4 is 9.84 Å². The summed E-state index contributed by atoms with van der Waals surface area (Å²) in [6.45, 7) is 1.17. The number of benzene rings is 1. The predicted molar refractivity (Wildman–Crippen MR) is 78.6 cm³/mol. The quantitative estimate of drug-likeness (QED) is 0.724. The van der Waals surface area contributed by atoms with Gasteiger partial charge in [-0.2, -0.15) is 0 Å². The summed E-state index contributed by atoms with van der Waals surface area (Å²) in [5, 5.41) is -0.363. The number of hydrogen-bond acceptors (Lipinski definition) is 4. The minimum absolute atomic E-state index is 0.0791. The first-order valence-electron chi connectivity index (χ1n) is 7.01. The van der Waals surface area contributed by atoms with Gasteiger partial charge < -0.3 is 9.47 Å². The Morgan fingerprint density at radius 2 is 2.00 bits per heavy atom. The van der Waals surface area contributed by atoms with E-state index in [4.69, 9.17) is 9.47 Å². The highest BCUT2D eigenvalue weighted by Crippen LogP contribution is 2.35. The number of aryl methyl sites for hydroxylation is 1. The fourth-order valence-corrected chi connectivity index (χ4v) is 4.42. The van der Waals surface area contributed by atoms with Crippen molar-refractivity contribution in [1.29, 1.82) is 0 Å². The Hall–Kier alpha value is -0.910. The van der Waals surface area contributed by atoms with Gasteiger partial charge in [0.1, 0.15) is 0 Å². The van der Waals surface area contributed by atoms with Crippen molar-refractivity contribution < 1.29 is 17.9 Å². The van der Waals surface area contributed by atoms with E-state index in [0.29, 0.717) is 13.2 Å². The van der Waals surface area contributed by atoms with E-state index in [0.717, 1.165) is 24.8 Å². The van der Waals surface area contributed by atoms with E-state index in [9.17, 15) is 8.42 Å². The fourth-order valence-electron chi connectivity index (χ4n) is 2.64. The van der Waals surface area contributed by atoms with Gasteiger partial charge in [-0.25, -0.2) is 8.42 Å². The van der Waals surface area contributed by atoms with Gasteiger partial charge in [0, 0.05) is 7.11 Å². The van der Waals surface area contributed by atoms with E-state index < -0.39 is 9.84 Å². The molecule has 0 aromatic heterocycles. The maximum Gasteiger partial charge on any atom is 0.159 e. The van der Waals surface area contributed by atoms with Gasteiger partial charge in [0.15, 0.2) is 9.84 Å². The van der Waals surface area contributed by atoms with Crippen LogP contribution in [0.5, 0.6) is 0 Å². The second-order valence-corrected chi connectivity index (χ2v) is 7.35. The lowest BCUT2D eigenvalue weighted by atomic mass is 9.91. The van der Waals surface area contributed by atoms with Crippen molar-refractivity contribution in [3.63, 3.8) is 0 Å². The van der Waals surface area contributed by atoms with E-state index in [-0.39, 0.29) is 17.6 Å². The highest BCUT2D eigenvalue weighted by molar-refractivity contribution is 7.91. The van der Waals surface area contributed by atoms with Gasteiger partial charge in [-0.05, 0) is 30.4 Å². The molecule has 1 atom stereocenters. The number of fused-ring (bicyclic) bond motifs is 1. The predicted octanol–water partition coefficient (Wildman–Crippen LogP) is 2.14. The Morgan fingerprint density at radius 1 is 1.20 bits per heavy atom. The molecule has 4 nitrogen and oxygen atoms in total. The first-order chi connectivity index (χ1) is 9.65. The van der Waals surface area contributed by atoms with Crippen LogP contribution >= 0.6 is 0 Å². The summed E-state index contributed by atoms with van der Waals surface area (Å²) in [6, 6.07) is 7.87. The molecule has 0 aliphatic heterocycles. The molecule has 1 aromatic carbocycles. The van der Waals surface area contributed by atoms with Crippen molar-refractivity contribution in [1.82, 2.24) is 0 Å². The number of methoxy groups -OCH3 is 1. The van der Waals surface area contributed by atoms with Crippen molar-refractivity contribution in [3.8, 4) is 0 Å². The van der Waals surface area contributed by atoms with Crippen LogP contribution in [-0.2, 0) is 25.7 Å². The molecule has 0 saturated carbocycles. The van der Waals surface area contributed by atoms with Gasteiger partial charge in [-0.3, -0.25) is 0 Å². The number of sulfone groups is 1. The summed E-state index contributed by atoms with van der Waals surface area (Å²) in [7, 11) is -1.55. The third-order valence-corrected chi connectivity index (χ3v) is 5.78. The van der Waals surface area contributed by atoms with Crippen LogP contribution in [0.3, 0.4) is 0 Å². The topological polar surface area (TPSA) is 52.6 Å². The third kappa shape index (κ3) is 3.81. The number of rotatable bonds is 7. The molecular weight excluding hydrogens is 276 g/mol. The van der Waals surface area contributed by atoms with Gasteiger partial charge in [0.05, 0.1) is 30.8 Å². The molecule has 2 rings (SSSR count). The third-order valence-electron chi connectivity index (χ3n) is 3.69. The first kappa shape index (κ1) is 15.5.